The molecule has 0 heterocycles. The van der Waals surface area contributed by atoms with E-state index in [2.05, 4.69) is 10.6 Å². The quantitative estimate of drug-likeness (QED) is 0.855. The number of rotatable bonds is 6. The van der Waals surface area contributed by atoms with Crippen LogP contribution in [-0.4, -0.2) is 20.3 Å². The Morgan fingerprint density at radius 2 is 1.83 bits per heavy atom. The lowest BCUT2D eigenvalue weighted by Gasteiger charge is -2.11. The summed E-state index contributed by atoms with van der Waals surface area (Å²) in [6.07, 6.45) is 0. The summed E-state index contributed by atoms with van der Waals surface area (Å²) >= 11 is 0. The number of nitriles is 1. The Bertz CT molecular complexity index is 736. The van der Waals surface area contributed by atoms with Crippen LogP contribution in [-0.2, 0) is 17.9 Å². The van der Waals surface area contributed by atoms with Crippen molar-refractivity contribution in [3.63, 3.8) is 0 Å². The maximum atomic E-state index is 12.0. The fourth-order valence-corrected chi connectivity index (χ4v) is 2.14. The van der Waals surface area contributed by atoms with Crippen LogP contribution >= 0.6 is 0 Å². The lowest BCUT2D eigenvalue weighted by Crippen LogP contribution is -2.28. The highest BCUT2D eigenvalue weighted by atomic mass is 16.5. The van der Waals surface area contributed by atoms with E-state index in [1.54, 1.807) is 25.3 Å². The number of nitrogens with zero attached hydrogens (tertiary/aromatic N) is 1. The Balaban J connectivity index is 1.95. The summed E-state index contributed by atoms with van der Waals surface area (Å²) in [5, 5.41) is 14.4. The van der Waals surface area contributed by atoms with Crippen molar-refractivity contribution in [1.29, 1.82) is 5.26 Å². The molecule has 0 radical (unpaired) electrons. The molecule has 0 aromatic heterocycles. The number of hydrogen-bond acceptors (Lipinski definition) is 4. The molecule has 0 bridgehead atoms. The number of nitrogens with one attached hydrogen (secondary N) is 2. The second-order valence-electron chi connectivity index (χ2n) is 5.08. The molecule has 6 heteroatoms. The van der Waals surface area contributed by atoms with Crippen LogP contribution in [0.2, 0.25) is 0 Å². The molecular weight excluding hydrogens is 306 g/mol. The molecule has 0 aliphatic heterocycles. The Morgan fingerprint density at radius 3 is 2.46 bits per heavy atom. The zero-order chi connectivity index (χ0) is 17.4. The van der Waals surface area contributed by atoms with Crippen LogP contribution < -0.4 is 15.4 Å². The van der Waals surface area contributed by atoms with Gasteiger partial charge in [-0.05, 0) is 29.3 Å². The Morgan fingerprint density at radius 1 is 1.12 bits per heavy atom. The first-order chi connectivity index (χ1) is 11.7. The molecule has 2 aromatic carbocycles. The van der Waals surface area contributed by atoms with E-state index in [1.807, 2.05) is 30.3 Å². The summed E-state index contributed by atoms with van der Waals surface area (Å²) in [6.45, 7) is 0.947. The number of urea groups is 1. The molecule has 2 N–H and O–H groups in total. The van der Waals surface area contributed by atoms with Gasteiger partial charge in [0.2, 0.25) is 0 Å². The van der Waals surface area contributed by atoms with Gasteiger partial charge in [-0.3, -0.25) is 0 Å². The van der Waals surface area contributed by atoms with E-state index in [-0.39, 0.29) is 6.03 Å². The van der Waals surface area contributed by atoms with Gasteiger partial charge in [0.1, 0.15) is 5.75 Å². The van der Waals surface area contributed by atoms with Crippen LogP contribution in [0.15, 0.2) is 42.5 Å². The molecule has 124 valence electrons. The van der Waals surface area contributed by atoms with Crippen molar-refractivity contribution in [3.8, 4) is 11.8 Å². The highest BCUT2D eigenvalue weighted by Crippen LogP contribution is 2.25. The predicted octanol–water partition coefficient (Wildman–Crippen LogP) is 3.03. The third-order valence-electron chi connectivity index (χ3n) is 3.36. The third kappa shape index (κ3) is 4.73. The fraction of sp³-hybridized carbons (Fsp3) is 0.222. The van der Waals surface area contributed by atoms with E-state index in [4.69, 9.17) is 14.7 Å². The summed E-state index contributed by atoms with van der Waals surface area (Å²) in [5.74, 6) is 0.494. The van der Waals surface area contributed by atoms with Crippen molar-refractivity contribution in [1.82, 2.24) is 5.32 Å². The smallest absolute Gasteiger partial charge is 0.319 e. The van der Waals surface area contributed by atoms with Gasteiger partial charge in [0.05, 0.1) is 31.0 Å². The van der Waals surface area contributed by atoms with E-state index in [9.17, 15) is 4.79 Å². The molecule has 2 rings (SSSR count). The van der Waals surface area contributed by atoms with Crippen LogP contribution in [0.5, 0.6) is 5.75 Å². The first-order valence-electron chi connectivity index (χ1n) is 7.36. The summed E-state index contributed by atoms with van der Waals surface area (Å²) in [6, 6.07) is 14.3. The first-order valence-corrected chi connectivity index (χ1v) is 7.36. The third-order valence-corrected chi connectivity index (χ3v) is 3.36. The van der Waals surface area contributed by atoms with Gasteiger partial charge in [-0.15, -0.1) is 0 Å². The zero-order valence-corrected chi connectivity index (χ0v) is 13.6. The zero-order valence-electron chi connectivity index (χ0n) is 13.6. The highest BCUT2D eigenvalue weighted by Gasteiger charge is 2.08. The minimum Gasteiger partial charge on any atom is -0.495 e. The van der Waals surface area contributed by atoms with Crippen molar-refractivity contribution < 1.29 is 14.3 Å². The molecule has 0 fully saturated rings. The van der Waals surface area contributed by atoms with Crippen molar-refractivity contribution in [2.24, 2.45) is 0 Å². The van der Waals surface area contributed by atoms with E-state index >= 15 is 0 Å². The molecule has 24 heavy (non-hydrogen) atoms. The molecule has 0 atom stereocenters. The van der Waals surface area contributed by atoms with Gasteiger partial charge in [0, 0.05) is 13.7 Å². The average Bonchev–Trinajstić information content (AvgIpc) is 2.61. The summed E-state index contributed by atoms with van der Waals surface area (Å²) in [5.41, 5.74) is 2.94. The van der Waals surface area contributed by atoms with Gasteiger partial charge in [0.25, 0.3) is 0 Å². The van der Waals surface area contributed by atoms with Gasteiger partial charge < -0.3 is 20.1 Å². The summed E-state index contributed by atoms with van der Waals surface area (Å²) in [7, 11) is 3.15. The minimum atomic E-state index is -0.371. The maximum Gasteiger partial charge on any atom is 0.319 e. The first kappa shape index (κ1) is 17.3. The second kappa shape index (κ2) is 8.56. The van der Waals surface area contributed by atoms with Crippen molar-refractivity contribution in [2.75, 3.05) is 19.5 Å². The predicted molar refractivity (Wildman–Crippen MR) is 90.7 cm³/mol. The molecule has 0 spiro atoms. The number of amides is 2. The molecule has 2 aromatic rings. The summed E-state index contributed by atoms with van der Waals surface area (Å²) < 4.78 is 10.2. The van der Waals surface area contributed by atoms with Gasteiger partial charge in [-0.1, -0.05) is 24.3 Å². The topological polar surface area (TPSA) is 83.4 Å². The second-order valence-corrected chi connectivity index (χ2v) is 5.08. The number of ether oxygens (including phenoxy) is 2. The molecule has 6 nitrogen and oxygen atoms in total. The van der Waals surface area contributed by atoms with Crippen LogP contribution in [0.25, 0.3) is 0 Å². The lowest BCUT2D eigenvalue weighted by molar-refractivity contribution is 0.185. The number of hydrogen-bond donors (Lipinski definition) is 2. The number of anilines is 1. The molecule has 0 aliphatic rings. The molecule has 0 saturated carbocycles. The van der Waals surface area contributed by atoms with Gasteiger partial charge >= 0.3 is 6.03 Å². The van der Waals surface area contributed by atoms with Gasteiger partial charge in [-0.25, -0.2) is 4.79 Å². The van der Waals surface area contributed by atoms with E-state index in [1.165, 1.54) is 7.11 Å². The normalized spacial score (nSPS) is 9.88. The lowest BCUT2D eigenvalue weighted by atomic mass is 10.1. The standard InChI is InChI=1S/C18H19N3O3/c1-23-12-14-5-3-13(4-6-14)11-20-18(22)21-16-9-15(10-19)7-8-17(16)24-2/h3-9H,11-12H2,1-2H3,(H2,20,21,22). The fourth-order valence-electron chi connectivity index (χ4n) is 2.14. The van der Waals surface area contributed by atoms with Gasteiger partial charge in [0.15, 0.2) is 0 Å². The largest absolute Gasteiger partial charge is 0.495 e. The molecule has 2 amide bonds. The summed E-state index contributed by atoms with van der Waals surface area (Å²) in [4.78, 5) is 12.0. The molecular formula is C18H19N3O3. The van der Waals surface area contributed by atoms with Crippen molar-refractivity contribution >= 4 is 11.7 Å². The highest BCUT2D eigenvalue weighted by molar-refractivity contribution is 5.91. The number of carbonyl (C=O) groups is 1. The molecule has 0 aliphatic carbocycles. The SMILES string of the molecule is COCc1ccc(CNC(=O)Nc2cc(C#N)ccc2OC)cc1. The minimum absolute atomic E-state index is 0.371. The van der Waals surface area contributed by atoms with Crippen LogP contribution in [0.4, 0.5) is 10.5 Å². The van der Waals surface area contributed by atoms with Crippen LogP contribution in [0, 0.1) is 11.3 Å². The average molecular weight is 325 g/mol. The van der Waals surface area contributed by atoms with E-state index in [0.29, 0.717) is 30.2 Å². The number of benzene rings is 2. The Labute approximate surface area is 141 Å². The molecule has 0 saturated heterocycles. The van der Waals surface area contributed by atoms with Crippen molar-refractivity contribution in [2.45, 2.75) is 13.2 Å². The Kier molecular flexibility index (Phi) is 6.17. The number of carbonyl (C=O) groups excluding carboxylic acids is 1. The van der Waals surface area contributed by atoms with E-state index < -0.39 is 0 Å². The van der Waals surface area contributed by atoms with Gasteiger partial charge in [-0.2, -0.15) is 5.26 Å². The number of methoxy groups -OCH3 is 2. The van der Waals surface area contributed by atoms with E-state index in [0.717, 1.165) is 11.1 Å². The Hall–Kier alpha value is -3.04. The maximum absolute atomic E-state index is 12.0. The van der Waals surface area contributed by atoms with Crippen LogP contribution in [0.1, 0.15) is 16.7 Å². The molecule has 0 unspecified atom stereocenters. The monoisotopic (exact) mass is 325 g/mol. The van der Waals surface area contributed by atoms with Crippen LogP contribution in [0.3, 0.4) is 0 Å². The van der Waals surface area contributed by atoms with Crippen molar-refractivity contribution in [3.05, 3.63) is 59.2 Å².